The van der Waals surface area contributed by atoms with Crippen molar-refractivity contribution in [2.45, 2.75) is 52.4 Å². The predicted molar refractivity (Wildman–Crippen MR) is 113 cm³/mol. The van der Waals surface area contributed by atoms with Gasteiger partial charge in [0.15, 0.2) is 0 Å². The standard InChI is InChI=1S/C22H34N2S/c1-21(2)9-7-17(8-10-21)19-15-18(5-6-20(19)23)22(3,4)16-24-11-13-25-14-12-24/h5-7,15H,8-14,16,23H2,1-4H3. The van der Waals surface area contributed by atoms with E-state index in [0.29, 0.717) is 5.41 Å². The van der Waals surface area contributed by atoms with Crippen molar-refractivity contribution in [3.05, 3.63) is 35.4 Å². The van der Waals surface area contributed by atoms with Crippen LogP contribution in [-0.2, 0) is 5.41 Å². The Kier molecular flexibility index (Phi) is 5.55. The Morgan fingerprint density at radius 1 is 1.20 bits per heavy atom. The van der Waals surface area contributed by atoms with Crippen LogP contribution in [0.4, 0.5) is 5.69 Å². The van der Waals surface area contributed by atoms with E-state index in [1.807, 2.05) is 0 Å². The van der Waals surface area contributed by atoms with Crippen LogP contribution in [0.25, 0.3) is 5.57 Å². The van der Waals surface area contributed by atoms with Crippen LogP contribution in [0.5, 0.6) is 0 Å². The topological polar surface area (TPSA) is 29.3 Å². The molecule has 0 bridgehead atoms. The molecule has 1 heterocycles. The molecule has 3 heteroatoms. The molecule has 0 unspecified atom stereocenters. The molecule has 0 saturated carbocycles. The highest BCUT2D eigenvalue weighted by Gasteiger charge is 2.27. The first-order chi connectivity index (χ1) is 11.8. The zero-order valence-electron chi connectivity index (χ0n) is 16.4. The van der Waals surface area contributed by atoms with Crippen molar-refractivity contribution < 1.29 is 0 Å². The fraction of sp³-hybridized carbons (Fsp3) is 0.636. The second-order valence-electron chi connectivity index (χ2n) is 9.17. The van der Waals surface area contributed by atoms with Gasteiger partial charge in [-0.2, -0.15) is 11.8 Å². The summed E-state index contributed by atoms with van der Waals surface area (Å²) < 4.78 is 0. The number of allylic oxidation sites excluding steroid dienone is 2. The van der Waals surface area contributed by atoms with Gasteiger partial charge in [-0.05, 0) is 47.9 Å². The molecule has 0 radical (unpaired) electrons. The molecule has 138 valence electrons. The fourth-order valence-electron chi connectivity index (χ4n) is 3.99. The molecular weight excluding hydrogens is 324 g/mol. The molecule has 1 aliphatic carbocycles. The Morgan fingerprint density at radius 3 is 2.56 bits per heavy atom. The molecule has 1 aromatic carbocycles. The largest absolute Gasteiger partial charge is 0.398 e. The Hall–Kier alpha value is -0.930. The monoisotopic (exact) mass is 358 g/mol. The van der Waals surface area contributed by atoms with Crippen molar-refractivity contribution in [2.75, 3.05) is 36.9 Å². The second kappa shape index (κ2) is 7.36. The third-order valence-electron chi connectivity index (χ3n) is 5.88. The molecule has 0 amide bonds. The Bertz CT molecular complexity index is 639. The number of hydrogen-bond acceptors (Lipinski definition) is 3. The minimum atomic E-state index is 0.152. The molecular formula is C22H34N2S. The van der Waals surface area contributed by atoms with E-state index in [9.17, 15) is 0 Å². The number of nitrogen functional groups attached to an aromatic ring is 1. The molecule has 2 N–H and O–H groups in total. The summed E-state index contributed by atoms with van der Waals surface area (Å²) in [6.07, 6.45) is 5.97. The first-order valence-electron chi connectivity index (χ1n) is 9.66. The lowest BCUT2D eigenvalue weighted by Gasteiger charge is -2.35. The lowest BCUT2D eigenvalue weighted by Crippen LogP contribution is -2.41. The lowest BCUT2D eigenvalue weighted by molar-refractivity contribution is 0.244. The highest BCUT2D eigenvalue weighted by molar-refractivity contribution is 7.99. The van der Waals surface area contributed by atoms with Gasteiger partial charge >= 0.3 is 0 Å². The maximum Gasteiger partial charge on any atom is 0.0390 e. The van der Waals surface area contributed by atoms with Gasteiger partial charge in [0.05, 0.1) is 0 Å². The molecule has 25 heavy (non-hydrogen) atoms. The van der Waals surface area contributed by atoms with E-state index in [1.165, 1.54) is 47.7 Å². The van der Waals surface area contributed by atoms with Gasteiger partial charge in [0, 0.05) is 47.8 Å². The molecule has 1 saturated heterocycles. The maximum atomic E-state index is 6.36. The number of nitrogens with zero attached hydrogens (tertiary/aromatic N) is 1. The minimum Gasteiger partial charge on any atom is -0.398 e. The average molecular weight is 359 g/mol. The van der Waals surface area contributed by atoms with Crippen molar-refractivity contribution in [2.24, 2.45) is 5.41 Å². The summed E-state index contributed by atoms with van der Waals surface area (Å²) in [6.45, 7) is 13.0. The quantitative estimate of drug-likeness (QED) is 0.751. The summed E-state index contributed by atoms with van der Waals surface area (Å²) in [5.41, 5.74) is 12.0. The average Bonchev–Trinajstić information content (AvgIpc) is 2.56. The number of hydrogen-bond donors (Lipinski definition) is 1. The van der Waals surface area contributed by atoms with E-state index in [2.05, 4.69) is 68.6 Å². The molecule has 3 rings (SSSR count). The van der Waals surface area contributed by atoms with Gasteiger partial charge in [-0.1, -0.05) is 39.8 Å². The van der Waals surface area contributed by atoms with E-state index in [-0.39, 0.29) is 5.41 Å². The van der Waals surface area contributed by atoms with Crippen LogP contribution >= 0.6 is 11.8 Å². The number of benzene rings is 1. The van der Waals surface area contributed by atoms with Gasteiger partial charge in [-0.15, -0.1) is 0 Å². The Balaban J connectivity index is 1.82. The highest BCUT2D eigenvalue weighted by Crippen LogP contribution is 2.40. The molecule has 1 aromatic rings. The maximum absolute atomic E-state index is 6.36. The van der Waals surface area contributed by atoms with Crippen LogP contribution in [0, 0.1) is 5.41 Å². The van der Waals surface area contributed by atoms with E-state index in [1.54, 1.807) is 0 Å². The van der Waals surface area contributed by atoms with Crippen LogP contribution < -0.4 is 5.73 Å². The second-order valence-corrected chi connectivity index (χ2v) is 10.4. The SMILES string of the molecule is CC1(C)CC=C(c2cc(C(C)(C)CN3CCSCC3)ccc2N)CC1. The molecule has 2 nitrogen and oxygen atoms in total. The van der Waals surface area contributed by atoms with Gasteiger partial charge in [-0.3, -0.25) is 0 Å². The zero-order valence-corrected chi connectivity index (χ0v) is 17.2. The minimum absolute atomic E-state index is 0.152. The van der Waals surface area contributed by atoms with Gasteiger partial charge < -0.3 is 10.6 Å². The molecule has 2 aliphatic rings. The van der Waals surface area contributed by atoms with Crippen LogP contribution in [0.2, 0.25) is 0 Å². The zero-order chi connectivity index (χ0) is 18.1. The van der Waals surface area contributed by atoms with Crippen LogP contribution in [0.3, 0.4) is 0 Å². The van der Waals surface area contributed by atoms with Crippen molar-refractivity contribution in [3.8, 4) is 0 Å². The molecule has 1 fully saturated rings. The van der Waals surface area contributed by atoms with Crippen molar-refractivity contribution in [1.29, 1.82) is 0 Å². The van der Waals surface area contributed by atoms with Crippen molar-refractivity contribution >= 4 is 23.0 Å². The third kappa shape index (κ3) is 4.62. The summed E-state index contributed by atoms with van der Waals surface area (Å²) in [4.78, 5) is 2.62. The van der Waals surface area contributed by atoms with Gasteiger partial charge in [0.25, 0.3) is 0 Å². The van der Waals surface area contributed by atoms with Crippen LogP contribution in [0.15, 0.2) is 24.3 Å². The predicted octanol–water partition coefficient (Wildman–Crippen LogP) is 5.19. The Morgan fingerprint density at radius 2 is 1.92 bits per heavy atom. The first kappa shape index (κ1) is 18.8. The molecule has 0 aromatic heterocycles. The fourth-order valence-corrected chi connectivity index (χ4v) is 4.96. The number of thioether (sulfide) groups is 1. The number of nitrogens with two attached hydrogens (primary N) is 1. The molecule has 0 atom stereocenters. The summed E-state index contributed by atoms with van der Waals surface area (Å²) in [5, 5.41) is 0. The summed E-state index contributed by atoms with van der Waals surface area (Å²) in [6, 6.07) is 6.74. The first-order valence-corrected chi connectivity index (χ1v) is 10.8. The third-order valence-corrected chi connectivity index (χ3v) is 6.82. The summed E-state index contributed by atoms with van der Waals surface area (Å²) in [5.74, 6) is 2.54. The van der Waals surface area contributed by atoms with Crippen molar-refractivity contribution in [1.82, 2.24) is 4.90 Å². The van der Waals surface area contributed by atoms with E-state index >= 15 is 0 Å². The summed E-state index contributed by atoms with van der Waals surface area (Å²) in [7, 11) is 0. The lowest BCUT2D eigenvalue weighted by atomic mass is 9.76. The number of rotatable bonds is 4. The van der Waals surface area contributed by atoms with Crippen LogP contribution in [-0.4, -0.2) is 36.0 Å². The number of anilines is 1. The van der Waals surface area contributed by atoms with Gasteiger partial charge in [0.1, 0.15) is 0 Å². The molecule has 0 spiro atoms. The van der Waals surface area contributed by atoms with Crippen molar-refractivity contribution in [3.63, 3.8) is 0 Å². The molecule has 1 aliphatic heterocycles. The van der Waals surface area contributed by atoms with Crippen LogP contribution in [0.1, 0.15) is 58.1 Å². The normalized spacial score (nSPS) is 21.8. The van der Waals surface area contributed by atoms with E-state index in [0.717, 1.165) is 25.1 Å². The summed E-state index contributed by atoms with van der Waals surface area (Å²) >= 11 is 2.08. The Labute approximate surface area is 158 Å². The highest BCUT2D eigenvalue weighted by atomic mass is 32.2. The van der Waals surface area contributed by atoms with Gasteiger partial charge in [0.2, 0.25) is 0 Å². The van der Waals surface area contributed by atoms with Gasteiger partial charge in [-0.25, -0.2) is 0 Å². The van der Waals surface area contributed by atoms with E-state index < -0.39 is 0 Å². The smallest absolute Gasteiger partial charge is 0.0390 e. The van der Waals surface area contributed by atoms with E-state index in [4.69, 9.17) is 5.73 Å².